The van der Waals surface area contributed by atoms with Crippen molar-refractivity contribution in [2.24, 2.45) is 0 Å². The van der Waals surface area contributed by atoms with E-state index in [4.69, 9.17) is 4.74 Å². The van der Waals surface area contributed by atoms with Crippen LogP contribution in [-0.2, 0) is 4.79 Å². The lowest BCUT2D eigenvalue weighted by atomic mass is 10.0. The summed E-state index contributed by atoms with van der Waals surface area (Å²) < 4.78 is 5.47. The number of hydrogen-bond acceptors (Lipinski definition) is 6. The van der Waals surface area contributed by atoms with E-state index in [1.54, 1.807) is 24.3 Å². The molecule has 0 radical (unpaired) electrons. The molecule has 2 aromatic carbocycles. The van der Waals surface area contributed by atoms with E-state index < -0.39 is 0 Å². The van der Waals surface area contributed by atoms with Gasteiger partial charge in [-0.15, -0.1) is 10.2 Å². The minimum absolute atomic E-state index is 0.0696. The van der Waals surface area contributed by atoms with Crippen molar-refractivity contribution in [2.45, 2.75) is 33.1 Å². The average molecular weight is 410 g/mol. The van der Waals surface area contributed by atoms with Crippen LogP contribution in [0.2, 0.25) is 0 Å². The van der Waals surface area contributed by atoms with Crippen molar-refractivity contribution < 1.29 is 14.3 Å². The van der Waals surface area contributed by atoms with E-state index in [0.29, 0.717) is 28.8 Å². The molecule has 0 unspecified atom stereocenters. The predicted octanol–water partition coefficient (Wildman–Crippen LogP) is 4.94. The first-order valence-corrected chi connectivity index (χ1v) is 10.3. The molecule has 0 bridgehead atoms. The average Bonchev–Trinajstić information content (AvgIpc) is 3.20. The maximum atomic E-state index is 12.1. The maximum absolute atomic E-state index is 12.1. The highest BCUT2D eigenvalue weighted by atomic mass is 32.1. The molecule has 1 aromatic heterocycles. The van der Waals surface area contributed by atoms with Gasteiger partial charge in [0.25, 0.3) is 5.91 Å². The Kier molecular flexibility index (Phi) is 6.72. The second kappa shape index (κ2) is 9.43. The van der Waals surface area contributed by atoms with Crippen LogP contribution in [0.4, 0.5) is 5.13 Å². The van der Waals surface area contributed by atoms with Crippen LogP contribution in [0.1, 0.15) is 49.0 Å². The number of benzene rings is 2. The van der Waals surface area contributed by atoms with Gasteiger partial charge < -0.3 is 4.74 Å². The van der Waals surface area contributed by atoms with Crippen LogP contribution < -0.4 is 10.1 Å². The third kappa shape index (κ3) is 5.48. The zero-order valence-corrected chi connectivity index (χ0v) is 17.5. The fraction of sp³-hybridized carbons (Fsp3) is 0.273. The number of rotatable bonds is 8. The Bertz CT molecular complexity index is 979. The molecule has 0 saturated heterocycles. The van der Waals surface area contributed by atoms with E-state index in [9.17, 15) is 9.59 Å². The Morgan fingerprint density at radius 1 is 1.03 bits per heavy atom. The summed E-state index contributed by atoms with van der Waals surface area (Å²) in [5.41, 5.74) is 2.86. The molecule has 29 heavy (non-hydrogen) atoms. The van der Waals surface area contributed by atoms with Gasteiger partial charge in [0.2, 0.25) is 5.13 Å². The molecule has 1 N–H and O–H groups in total. The topological polar surface area (TPSA) is 81.2 Å². The molecule has 0 fully saturated rings. The first-order chi connectivity index (χ1) is 14.0. The minimum atomic E-state index is -0.323. The number of nitrogens with zero attached hydrogens (tertiary/aromatic N) is 2. The Balaban J connectivity index is 1.54. The first kappa shape index (κ1) is 20.7. The number of hydrogen-bond donors (Lipinski definition) is 1. The lowest BCUT2D eigenvalue weighted by Gasteiger charge is -2.06. The largest absolute Gasteiger partial charge is 0.484 e. The summed E-state index contributed by atoms with van der Waals surface area (Å²) in [6.45, 7) is 5.96. The maximum Gasteiger partial charge on any atom is 0.264 e. The number of carbonyl (C=O) groups is 2. The van der Waals surface area contributed by atoms with Crippen molar-refractivity contribution in [1.82, 2.24) is 10.2 Å². The fourth-order valence-corrected chi connectivity index (χ4v) is 3.41. The van der Waals surface area contributed by atoms with Crippen molar-refractivity contribution in [3.05, 3.63) is 59.7 Å². The number of amides is 1. The highest BCUT2D eigenvalue weighted by Gasteiger charge is 2.11. The van der Waals surface area contributed by atoms with Crippen LogP contribution in [-0.4, -0.2) is 28.5 Å². The molecule has 1 amide bonds. The number of ketones is 1. The summed E-state index contributed by atoms with van der Waals surface area (Å²) in [5.74, 6) is 0.740. The van der Waals surface area contributed by atoms with E-state index in [-0.39, 0.29) is 18.3 Å². The van der Waals surface area contributed by atoms with Crippen molar-refractivity contribution in [3.63, 3.8) is 0 Å². The SMILES string of the molecule is CCC(=O)c1ccc(OCC(=O)Nc2nnc(-c3ccc(C(C)C)cc3)s2)cc1. The van der Waals surface area contributed by atoms with Crippen molar-refractivity contribution in [1.29, 1.82) is 0 Å². The molecule has 3 rings (SSSR count). The van der Waals surface area contributed by atoms with Crippen molar-refractivity contribution in [3.8, 4) is 16.3 Å². The third-order valence-corrected chi connectivity index (χ3v) is 5.25. The zero-order chi connectivity index (χ0) is 20.8. The van der Waals surface area contributed by atoms with Gasteiger partial charge in [-0.2, -0.15) is 0 Å². The number of carbonyl (C=O) groups excluding carboxylic acids is 2. The highest BCUT2D eigenvalue weighted by Crippen LogP contribution is 2.27. The summed E-state index contributed by atoms with van der Waals surface area (Å²) in [4.78, 5) is 23.7. The van der Waals surface area contributed by atoms with Gasteiger partial charge in [0, 0.05) is 17.5 Å². The van der Waals surface area contributed by atoms with Gasteiger partial charge >= 0.3 is 0 Å². The van der Waals surface area contributed by atoms with Gasteiger partial charge in [-0.25, -0.2) is 0 Å². The summed E-state index contributed by atoms with van der Waals surface area (Å²) in [6, 6.07) is 14.9. The van der Waals surface area contributed by atoms with Crippen LogP contribution in [0.3, 0.4) is 0 Å². The molecule has 3 aromatic rings. The highest BCUT2D eigenvalue weighted by molar-refractivity contribution is 7.18. The van der Waals surface area contributed by atoms with Crippen LogP contribution in [0.15, 0.2) is 48.5 Å². The van der Waals surface area contributed by atoms with Gasteiger partial charge in [0.1, 0.15) is 10.8 Å². The number of ether oxygens (including phenoxy) is 1. The van der Waals surface area contributed by atoms with Gasteiger partial charge in [-0.3, -0.25) is 14.9 Å². The molecule has 7 heteroatoms. The Morgan fingerprint density at radius 3 is 2.34 bits per heavy atom. The molecular formula is C22H23N3O3S. The molecule has 0 aliphatic heterocycles. The standard InChI is InChI=1S/C22H23N3O3S/c1-4-19(26)16-9-11-18(12-10-16)28-13-20(27)23-22-25-24-21(29-22)17-7-5-15(6-8-17)14(2)3/h5-12,14H,4,13H2,1-3H3,(H,23,25,27). The fourth-order valence-electron chi connectivity index (χ4n) is 2.65. The number of aromatic nitrogens is 2. The quantitative estimate of drug-likeness (QED) is 0.533. The molecule has 0 aliphatic rings. The molecule has 1 heterocycles. The summed E-state index contributed by atoms with van der Waals surface area (Å²) in [6.07, 6.45) is 0.453. The third-order valence-electron chi connectivity index (χ3n) is 4.36. The normalized spacial score (nSPS) is 10.8. The van der Waals surface area contributed by atoms with Crippen LogP contribution >= 0.6 is 11.3 Å². The second-order valence-electron chi connectivity index (χ2n) is 6.83. The molecule has 6 nitrogen and oxygen atoms in total. The molecule has 0 atom stereocenters. The number of nitrogens with one attached hydrogen (secondary N) is 1. The van der Waals surface area contributed by atoms with E-state index in [0.717, 1.165) is 10.6 Å². The Hall–Kier alpha value is -3.06. The van der Waals surface area contributed by atoms with Gasteiger partial charge in [-0.1, -0.05) is 56.4 Å². The molecule has 0 spiro atoms. The Labute approximate surface area is 173 Å². The molecular weight excluding hydrogens is 386 g/mol. The molecule has 0 aliphatic carbocycles. The van der Waals surface area contributed by atoms with E-state index in [1.807, 2.05) is 19.1 Å². The van der Waals surface area contributed by atoms with Gasteiger partial charge in [0.05, 0.1) is 0 Å². The molecule has 0 saturated carbocycles. The van der Waals surface area contributed by atoms with Crippen LogP contribution in [0.5, 0.6) is 5.75 Å². The lowest BCUT2D eigenvalue weighted by Crippen LogP contribution is -2.20. The van der Waals surface area contributed by atoms with E-state index in [1.165, 1.54) is 16.9 Å². The van der Waals surface area contributed by atoms with E-state index >= 15 is 0 Å². The summed E-state index contributed by atoms with van der Waals surface area (Å²) in [5, 5.41) is 12.0. The monoisotopic (exact) mass is 409 g/mol. The number of anilines is 1. The van der Waals surface area contributed by atoms with Crippen LogP contribution in [0.25, 0.3) is 10.6 Å². The minimum Gasteiger partial charge on any atom is -0.484 e. The first-order valence-electron chi connectivity index (χ1n) is 9.46. The second-order valence-corrected chi connectivity index (χ2v) is 7.80. The van der Waals surface area contributed by atoms with Gasteiger partial charge in [-0.05, 0) is 35.7 Å². The summed E-state index contributed by atoms with van der Waals surface area (Å²) >= 11 is 1.31. The van der Waals surface area contributed by atoms with Crippen LogP contribution in [0, 0.1) is 0 Å². The van der Waals surface area contributed by atoms with Crippen molar-refractivity contribution in [2.75, 3.05) is 11.9 Å². The van der Waals surface area contributed by atoms with Gasteiger partial charge in [0.15, 0.2) is 12.4 Å². The smallest absolute Gasteiger partial charge is 0.264 e. The summed E-state index contributed by atoms with van der Waals surface area (Å²) in [7, 11) is 0. The Morgan fingerprint density at radius 2 is 1.72 bits per heavy atom. The predicted molar refractivity (Wildman–Crippen MR) is 115 cm³/mol. The lowest BCUT2D eigenvalue weighted by molar-refractivity contribution is -0.118. The van der Waals surface area contributed by atoms with Crippen molar-refractivity contribution >= 4 is 28.2 Å². The van der Waals surface area contributed by atoms with E-state index in [2.05, 4.69) is 41.5 Å². The number of Topliss-reactive ketones (excluding diaryl/α,β-unsaturated/α-hetero) is 1. The zero-order valence-electron chi connectivity index (χ0n) is 16.6. The molecule has 150 valence electrons.